The lowest BCUT2D eigenvalue weighted by atomic mass is 9.97. The minimum absolute atomic E-state index is 0.00482. The second-order valence-corrected chi connectivity index (χ2v) is 7.43. The van der Waals surface area contributed by atoms with Gasteiger partial charge in [0.1, 0.15) is 28.6 Å². The van der Waals surface area contributed by atoms with Crippen molar-refractivity contribution in [2.75, 3.05) is 0 Å². The average Bonchev–Trinajstić information content (AvgIpc) is 2.75. The van der Waals surface area contributed by atoms with Crippen molar-refractivity contribution < 1.29 is 34.4 Å². The van der Waals surface area contributed by atoms with Crippen LogP contribution in [0.15, 0.2) is 67.0 Å². The number of hydrogen-bond acceptors (Lipinski definition) is 9. The highest BCUT2D eigenvalue weighted by Gasteiger charge is 2.21. The molecule has 5 N–H and O–H groups in total. The Balaban J connectivity index is 1.83. The van der Waals surface area contributed by atoms with Gasteiger partial charge in [0.2, 0.25) is 0 Å². The Hall–Kier alpha value is -4.92. The smallest absolute Gasteiger partial charge is 0.347 e. The van der Waals surface area contributed by atoms with Crippen molar-refractivity contribution >= 4 is 12.2 Å². The molecule has 0 saturated carbocycles. The van der Waals surface area contributed by atoms with Crippen molar-refractivity contribution in [2.24, 2.45) is 0 Å². The third-order valence-corrected chi connectivity index (χ3v) is 4.93. The molecule has 0 radical (unpaired) electrons. The van der Waals surface area contributed by atoms with Gasteiger partial charge in [0.25, 0.3) is 0 Å². The summed E-state index contributed by atoms with van der Waals surface area (Å²) in [5.41, 5.74) is -1.14. The summed E-state index contributed by atoms with van der Waals surface area (Å²) >= 11 is 0. The summed E-state index contributed by atoms with van der Waals surface area (Å²) in [5, 5.41) is 49.6. The second-order valence-electron chi connectivity index (χ2n) is 7.43. The van der Waals surface area contributed by atoms with E-state index in [-0.39, 0.29) is 50.9 Å². The standard InChI is InChI=1S/C25H18O9/c1-12-6-14(26)8-23(33-12)16-10-20(29)21(30)11-17(16)24-22(31)9-15(34-25(24)32)4-2-13-3-5-18(27)19(28)7-13/h2-11,27-31H,1H3. The first-order chi connectivity index (χ1) is 16.1. The zero-order valence-corrected chi connectivity index (χ0v) is 17.6. The fourth-order valence-electron chi connectivity index (χ4n) is 3.38. The first-order valence-corrected chi connectivity index (χ1v) is 9.88. The maximum absolute atomic E-state index is 12.8. The van der Waals surface area contributed by atoms with Crippen LogP contribution >= 0.6 is 0 Å². The third-order valence-electron chi connectivity index (χ3n) is 4.93. The molecule has 0 spiro atoms. The van der Waals surface area contributed by atoms with Crippen molar-refractivity contribution in [3.63, 3.8) is 0 Å². The molecule has 2 aromatic heterocycles. The highest BCUT2D eigenvalue weighted by Crippen LogP contribution is 2.41. The van der Waals surface area contributed by atoms with Gasteiger partial charge in [-0.1, -0.05) is 12.1 Å². The minimum Gasteiger partial charge on any atom is -0.507 e. The van der Waals surface area contributed by atoms with Gasteiger partial charge < -0.3 is 34.4 Å². The molecule has 0 amide bonds. The van der Waals surface area contributed by atoms with Crippen molar-refractivity contribution in [1.29, 1.82) is 0 Å². The van der Waals surface area contributed by atoms with E-state index in [2.05, 4.69) is 0 Å². The van der Waals surface area contributed by atoms with Gasteiger partial charge in [0, 0.05) is 29.3 Å². The number of aryl methyl sites for hydroxylation is 1. The zero-order chi connectivity index (χ0) is 24.6. The summed E-state index contributed by atoms with van der Waals surface area (Å²) in [6.07, 6.45) is 2.85. The van der Waals surface area contributed by atoms with Gasteiger partial charge in [-0.3, -0.25) is 4.79 Å². The zero-order valence-electron chi connectivity index (χ0n) is 17.6. The Bertz CT molecular complexity index is 1560. The van der Waals surface area contributed by atoms with Crippen LogP contribution in [-0.4, -0.2) is 25.5 Å². The summed E-state index contributed by atoms with van der Waals surface area (Å²) in [7, 11) is 0. The lowest BCUT2D eigenvalue weighted by molar-refractivity contribution is 0.403. The van der Waals surface area contributed by atoms with Crippen LogP contribution in [0.3, 0.4) is 0 Å². The molecule has 2 aromatic carbocycles. The highest BCUT2D eigenvalue weighted by atomic mass is 16.4. The largest absolute Gasteiger partial charge is 0.507 e. The molecule has 0 saturated heterocycles. The molecule has 4 aromatic rings. The molecule has 0 aliphatic rings. The van der Waals surface area contributed by atoms with Crippen LogP contribution in [0.2, 0.25) is 0 Å². The molecular weight excluding hydrogens is 444 g/mol. The van der Waals surface area contributed by atoms with E-state index in [1.165, 1.54) is 36.4 Å². The van der Waals surface area contributed by atoms with Crippen LogP contribution in [0.5, 0.6) is 28.7 Å². The predicted molar refractivity (Wildman–Crippen MR) is 123 cm³/mol. The lowest BCUT2D eigenvalue weighted by Gasteiger charge is -2.12. The van der Waals surface area contributed by atoms with Gasteiger partial charge >= 0.3 is 5.63 Å². The van der Waals surface area contributed by atoms with Crippen LogP contribution < -0.4 is 11.1 Å². The normalized spacial score (nSPS) is 11.2. The molecule has 0 fully saturated rings. The number of hydrogen-bond donors (Lipinski definition) is 5. The molecule has 9 nitrogen and oxygen atoms in total. The maximum atomic E-state index is 12.8. The van der Waals surface area contributed by atoms with E-state index < -0.39 is 22.9 Å². The third kappa shape index (κ3) is 4.35. The van der Waals surface area contributed by atoms with E-state index in [1.807, 2.05) is 0 Å². The molecule has 0 unspecified atom stereocenters. The quantitative estimate of drug-likeness (QED) is 0.283. The lowest BCUT2D eigenvalue weighted by Crippen LogP contribution is -2.06. The van der Waals surface area contributed by atoms with Crippen LogP contribution in [0.4, 0.5) is 0 Å². The number of phenols is 4. The van der Waals surface area contributed by atoms with Crippen molar-refractivity contribution in [1.82, 2.24) is 0 Å². The van der Waals surface area contributed by atoms with E-state index >= 15 is 0 Å². The van der Waals surface area contributed by atoms with Gasteiger partial charge in [-0.2, -0.15) is 0 Å². The minimum atomic E-state index is -0.963. The van der Waals surface area contributed by atoms with Gasteiger partial charge in [-0.25, -0.2) is 4.79 Å². The molecule has 0 bridgehead atoms. The van der Waals surface area contributed by atoms with E-state index in [9.17, 15) is 35.1 Å². The predicted octanol–water partition coefficient (Wildman–Crippen LogP) is 3.93. The Labute approximate surface area is 191 Å². The molecule has 34 heavy (non-hydrogen) atoms. The monoisotopic (exact) mass is 462 g/mol. The van der Waals surface area contributed by atoms with Crippen molar-refractivity contribution in [3.8, 4) is 51.2 Å². The van der Waals surface area contributed by atoms with Crippen LogP contribution in [0, 0.1) is 6.92 Å². The van der Waals surface area contributed by atoms with Crippen molar-refractivity contribution in [3.05, 3.63) is 86.3 Å². The number of aromatic hydroxyl groups is 5. The van der Waals surface area contributed by atoms with Gasteiger partial charge in [-0.05, 0) is 42.8 Å². The maximum Gasteiger partial charge on any atom is 0.347 e. The molecule has 0 aliphatic heterocycles. The first kappa shape index (κ1) is 22.3. The molecule has 0 aliphatic carbocycles. The van der Waals surface area contributed by atoms with E-state index in [0.717, 1.165) is 24.3 Å². The highest BCUT2D eigenvalue weighted by molar-refractivity contribution is 5.86. The Morgan fingerprint density at radius 3 is 2.00 bits per heavy atom. The van der Waals surface area contributed by atoms with Crippen LogP contribution in [0.1, 0.15) is 17.1 Å². The number of phenolic OH excluding ortho intramolecular Hbond substituents is 4. The SMILES string of the molecule is Cc1cc(=O)cc(-c2cc(O)c(O)cc2-c2c(O)cc(C=Cc3ccc(O)c(O)c3)oc2=O)o1. The molecule has 2 heterocycles. The fourth-order valence-corrected chi connectivity index (χ4v) is 3.38. The molecule has 172 valence electrons. The topological polar surface area (TPSA) is 162 Å². The molecule has 0 atom stereocenters. The fraction of sp³-hybridized carbons (Fsp3) is 0.0400. The van der Waals surface area contributed by atoms with E-state index in [1.54, 1.807) is 6.92 Å². The van der Waals surface area contributed by atoms with Crippen LogP contribution in [0.25, 0.3) is 34.6 Å². The van der Waals surface area contributed by atoms with Crippen LogP contribution in [-0.2, 0) is 0 Å². The van der Waals surface area contributed by atoms with Gasteiger partial charge in [-0.15, -0.1) is 0 Å². The molecule has 9 heteroatoms. The summed E-state index contributed by atoms with van der Waals surface area (Å²) in [4.78, 5) is 24.8. The number of rotatable bonds is 4. The first-order valence-electron chi connectivity index (χ1n) is 9.88. The molecule has 4 rings (SSSR count). The second kappa shape index (κ2) is 8.55. The summed E-state index contributed by atoms with van der Waals surface area (Å²) in [6, 6.07) is 9.80. The Kier molecular flexibility index (Phi) is 5.60. The number of benzene rings is 2. The average molecular weight is 462 g/mol. The van der Waals surface area contributed by atoms with Crippen molar-refractivity contribution in [2.45, 2.75) is 6.92 Å². The van der Waals surface area contributed by atoms with E-state index in [0.29, 0.717) is 5.56 Å². The van der Waals surface area contributed by atoms with E-state index in [4.69, 9.17) is 8.83 Å². The molecular formula is C25H18O9. The summed E-state index contributed by atoms with van der Waals surface area (Å²) < 4.78 is 10.8. The summed E-state index contributed by atoms with van der Waals surface area (Å²) in [6.45, 7) is 1.55. The Morgan fingerprint density at radius 2 is 1.35 bits per heavy atom. The van der Waals surface area contributed by atoms with Gasteiger partial charge in [0.05, 0.1) is 0 Å². The summed E-state index contributed by atoms with van der Waals surface area (Å²) in [5.74, 6) is -1.95. The van der Waals surface area contributed by atoms with Gasteiger partial charge in [0.15, 0.2) is 28.4 Å². The Morgan fingerprint density at radius 1 is 0.676 bits per heavy atom.